The summed E-state index contributed by atoms with van der Waals surface area (Å²) < 4.78 is 1.78. The summed E-state index contributed by atoms with van der Waals surface area (Å²) in [7, 11) is 1.80. The van der Waals surface area contributed by atoms with Crippen molar-refractivity contribution in [1.29, 1.82) is 0 Å². The van der Waals surface area contributed by atoms with Crippen LogP contribution in [0.3, 0.4) is 0 Å². The molecule has 3 aromatic rings. The molecule has 0 bridgehead atoms. The van der Waals surface area contributed by atoms with Crippen molar-refractivity contribution in [3.05, 3.63) is 68.9 Å². The average molecular weight is 527 g/mol. The summed E-state index contributed by atoms with van der Waals surface area (Å²) in [4.78, 5) is 25.1. The fraction of sp³-hybridized carbons (Fsp3) is 0.273. The molecule has 2 N–H and O–H groups in total. The summed E-state index contributed by atoms with van der Waals surface area (Å²) in [6.07, 6.45) is 0. The zero-order chi connectivity index (χ0) is 24.1. The van der Waals surface area contributed by atoms with Crippen molar-refractivity contribution in [2.24, 2.45) is 13.0 Å². The van der Waals surface area contributed by atoms with E-state index in [0.29, 0.717) is 32.3 Å². The molecule has 0 unspecified atom stereocenters. The smallest absolute Gasteiger partial charge is 0.251 e. The van der Waals surface area contributed by atoms with Crippen molar-refractivity contribution in [2.45, 2.75) is 25.0 Å². The van der Waals surface area contributed by atoms with E-state index in [1.807, 2.05) is 32.0 Å². The van der Waals surface area contributed by atoms with Gasteiger partial charge in [-0.25, -0.2) is 0 Å². The first-order valence-electron chi connectivity index (χ1n) is 9.99. The van der Waals surface area contributed by atoms with Gasteiger partial charge < -0.3 is 15.2 Å². The second-order valence-corrected chi connectivity index (χ2v) is 9.71. The highest BCUT2D eigenvalue weighted by molar-refractivity contribution is 7.99. The second-order valence-electron chi connectivity index (χ2n) is 7.54. The highest BCUT2D eigenvalue weighted by Crippen LogP contribution is 2.32. The molecule has 1 heterocycles. The molecule has 0 fully saturated rings. The Bertz CT molecular complexity index is 1150. The highest BCUT2D eigenvalue weighted by Gasteiger charge is 2.25. The monoisotopic (exact) mass is 525 g/mol. The van der Waals surface area contributed by atoms with Gasteiger partial charge in [-0.3, -0.25) is 9.59 Å². The minimum absolute atomic E-state index is 0.0681. The molecule has 0 aliphatic heterocycles. The number of hydrogen-bond acceptors (Lipinski definition) is 5. The number of anilines is 1. The summed E-state index contributed by atoms with van der Waals surface area (Å²) in [6.45, 7) is 3.98. The number of carbonyl (C=O) groups is 2. The molecule has 1 aromatic heterocycles. The number of benzene rings is 2. The van der Waals surface area contributed by atoms with Crippen molar-refractivity contribution >= 4 is 64.1 Å². The highest BCUT2D eigenvalue weighted by atomic mass is 35.5. The predicted molar refractivity (Wildman–Crippen MR) is 133 cm³/mol. The molecular weight excluding hydrogens is 505 g/mol. The number of thioether (sulfide) groups is 1. The van der Waals surface area contributed by atoms with Crippen LogP contribution in [-0.4, -0.2) is 32.3 Å². The lowest BCUT2D eigenvalue weighted by molar-refractivity contribution is -0.113. The third kappa shape index (κ3) is 6.41. The number of nitrogens with zero attached hydrogens (tertiary/aromatic N) is 3. The van der Waals surface area contributed by atoms with Gasteiger partial charge in [-0.15, -0.1) is 10.2 Å². The topological polar surface area (TPSA) is 88.9 Å². The van der Waals surface area contributed by atoms with E-state index < -0.39 is 0 Å². The van der Waals surface area contributed by atoms with Gasteiger partial charge in [0.2, 0.25) is 5.91 Å². The lowest BCUT2D eigenvalue weighted by Crippen LogP contribution is -2.33. The molecule has 7 nitrogen and oxygen atoms in total. The minimum Gasteiger partial charge on any atom is -0.342 e. The van der Waals surface area contributed by atoms with Crippen LogP contribution in [0.2, 0.25) is 15.1 Å². The van der Waals surface area contributed by atoms with E-state index in [9.17, 15) is 9.59 Å². The molecule has 0 aliphatic rings. The molecule has 0 radical (unpaired) electrons. The van der Waals surface area contributed by atoms with Gasteiger partial charge in [0.1, 0.15) is 0 Å². The van der Waals surface area contributed by atoms with Crippen LogP contribution in [0.5, 0.6) is 0 Å². The fourth-order valence-electron chi connectivity index (χ4n) is 3.00. The van der Waals surface area contributed by atoms with Crippen LogP contribution < -0.4 is 10.6 Å². The van der Waals surface area contributed by atoms with E-state index in [-0.39, 0.29) is 34.5 Å². The van der Waals surface area contributed by atoms with Gasteiger partial charge in [0.05, 0.1) is 32.5 Å². The van der Waals surface area contributed by atoms with Crippen molar-refractivity contribution in [3.63, 3.8) is 0 Å². The number of halogens is 3. The molecule has 2 aromatic carbocycles. The van der Waals surface area contributed by atoms with Crippen LogP contribution >= 0.6 is 46.6 Å². The van der Waals surface area contributed by atoms with E-state index in [1.54, 1.807) is 23.7 Å². The van der Waals surface area contributed by atoms with Gasteiger partial charge in [0.25, 0.3) is 5.91 Å². The van der Waals surface area contributed by atoms with Crippen molar-refractivity contribution in [3.8, 4) is 0 Å². The van der Waals surface area contributed by atoms with Crippen molar-refractivity contribution in [2.75, 3.05) is 11.1 Å². The Morgan fingerprint density at radius 2 is 1.70 bits per heavy atom. The third-order valence-electron chi connectivity index (χ3n) is 4.75. The summed E-state index contributed by atoms with van der Waals surface area (Å²) >= 11 is 19.2. The van der Waals surface area contributed by atoms with Gasteiger partial charge in [0, 0.05) is 12.6 Å². The second kappa shape index (κ2) is 11.2. The molecule has 174 valence electrons. The molecule has 11 heteroatoms. The Morgan fingerprint density at radius 3 is 2.36 bits per heavy atom. The van der Waals surface area contributed by atoms with Gasteiger partial charge >= 0.3 is 0 Å². The Kier molecular flexibility index (Phi) is 8.64. The lowest BCUT2D eigenvalue weighted by atomic mass is 10.0. The maximum absolute atomic E-state index is 12.7. The third-order valence-corrected chi connectivity index (χ3v) is 6.81. The molecule has 0 aliphatic carbocycles. The Morgan fingerprint density at radius 1 is 1.03 bits per heavy atom. The number of carbonyl (C=O) groups excluding carboxylic acids is 2. The molecule has 2 amide bonds. The van der Waals surface area contributed by atoms with Crippen molar-refractivity contribution in [1.82, 2.24) is 20.1 Å². The number of amides is 2. The fourth-order valence-corrected chi connectivity index (χ4v) is 4.31. The first kappa shape index (κ1) is 25.4. The molecule has 0 spiro atoms. The normalized spacial score (nSPS) is 12.0. The Balaban J connectivity index is 1.67. The Hall–Kier alpha value is -2.26. The van der Waals surface area contributed by atoms with Gasteiger partial charge in [-0.1, -0.05) is 78.6 Å². The summed E-state index contributed by atoms with van der Waals surface area (Å²) in [5, 5.41) is 15.6. The number of hydrogen-bond donors (Lipinski definition) is 2. The maximum atomic E-state index is 12.7. The summed E-state index contributed by atoms with van der Waals surface area (Å²) in [5.41, 5.74) is 0.941. The van der Waals surface area contributed by atoms with Crippen LogP contribution in [0.4, 0.5) is 5.69 Å². The molecular formula is C22H22Cl3N5O2S. The molecule has 1 atom stereocenters. The maximum Gasteiger partial charge on any atom is 0.251 e. The zero-order valence-corrected chi connectivity index (χ0v) is 21.2. The molecule has 3 rings (SSSR count). The van der Waals surface area contributed by atoms with E-state index >= 15 is 0 Å². The molecule has 0 saturated carbocycles. The first-order valence-corrected chi connectivity index (χ1v) is 12.1. The number of nitrogens with one attached hydrogen (secondary N) is 2. The minimum atomic E-state index is -0.353. The molecule has 0 saturated heterocycles. The van der Waals surface area contributed by atoms with Crippen LogP contribution in [0.25, 0.3) is 0 Å². The number of aromatic nitrogens is 3. The van der Waals surface area contributed by atoms with E-state index in [2.05, 4.69) is 20.8 Å². The van der Waals surface area contributed by atoms with Crippen LogP contribution in [0, 0.1) is 5.92 Å². The van der Waals surface area contributed by atoms with Gasteiger partial charge in [0.15, 0.2) is 11.0 Å². The van der Waals surface area contributed by atoms with E-state index in [1.165, 1.54) is 23.9 Å². The van der Waals surface area contributed by atoms with E-state index in [4.69, 9.17) is 34.8 Å². The standard InChI is InChI=1S/C22H22Cl3N5O2S/c1-12(2)19(27-21(32)13-7-5-4-6-8-13)20-28-29-22(30(20)3)33-11-18(31)26-17-10-15(24)14(23)9-16(17)25/h4-10,12,19H,11H2,1-3H3,(H,26,31)(H,27,32)/t19-/m1/s1. The SMILES string of the molecule is CC(C)[C@@H](NC(=O)c1ccccc1)c1nnc(SCC(=O)Nc2cc(Cl)c(Cl)cc2Cl)n1C. The summed E-state index contributed by atoms with van der Waals surface area (Å²) in [6, 6.07) is 11.6. The van der Waals surface area contributed by atoms with Crippen LogP contribution in [0.1, 0.15) is 36.1 Å². The largest absolute Gasteiger partial charge is 0.342 e. The first-order chi connectivity index (χ1) is 15.7. The van der Waals surface area contributed by atoms with Crippen molar-refractivity contribution < 1.29 is 9.59 Å². The van der Waals surface area contributed by atoms with E-state index in [0.717, 1.165) is 0 Å². The lowest BCUT2D eigenvalue weighted by Gasteiger charge is -2.21. The van der Waals surface area contributed by atoms with Crippen LogP contribution in [-0.2, 0) is 11.8 Å². The number of rotatable bonds is 8. The quantitative estimate of drug-likeness (QED) is 0.293. The van der Waals surface area contributed by atoms with Crippen LogP contribution in [0.15, 0.2) is 47.6 Å². The average Bonchev–Trinajstić information content (AvgIpc) is 3.14. The Labute approximate surface area is 211 Å². The predicted octanol–water partition coefficient (Wildman–Crippen LogP) is 5.63. The van der Waals surface area contributed by atoms with Gasteiger partial charge in [-0.2, -0.15) is 0 Å². The van der Waals surface area contributed by atoms with Gasteiger partial charge in [-0.05, 0) is 30.2 Å². The zero-order valence-electron chi connectivity index (χ0n) is 18.1. The summed E-state index contributed by atoms with van der Waals surface area (Å²) in [5.74, 6) is 0.265. The molecule has 33 heavy (non-hydrogen) atoms.